The van der Waals surface area contributed by atoms with E-state index in [2.05, 4.69) is 24.3 Å². The molecule has 3 aliphatic carbocycles. The van der Waals surface area contributed by atoms with E-state index >= 15 is 0 Å². The van der Waals surface area contributed by atoms with Crippen molar-refractivity contribution in [3.05, 3.63) is 36.0 Å². The lowest BCUT2D eigenvalue weighted by molar-refractivity contribution is -0.192. The van der Waals surface area contributed by atoms with Crippen LogP contribution in [0.15, 0.2) is 36.0 Å². The first-order valence-electron chi connectivity index (χ1n) is 12.6. The number of hydrogen-bond acceptors (Lipinski definition) is 5. The zero-order chi connectivity index (χ0) is 22.3. The molecule has 0 radical (unpaired) electrons. The van der Waals surface area contributed by atoms with Gasteiger partial charge < -0.3 is 14.2 Å². The maximum atomic E-state index is 12.7. The van der Waals surface area contributed by atoms with Gasteiger partial charge in [-0.2, -0.15) is 0 Å². The molecule has 0 bridgehead atoms. The van der Waals surface area contributed by atoms with E-state index in [1.165, 1.54) is 25.5 Å². The summed E-state index contributed by atoms with van der Waals surface area (Å²) in [5.41, 5.74) is 1.33. The second-order valence-electron chi connectivity index (χ2n) is 9.82. The highest BCUT2D eigenvalue weighted by Gasteiger charge is 2.45. The van der Waals surface area contributed by atoms with Crippen LogP contribution >= 0.6 is 0 Å². The first kappa shape index (κ1) is 23.4. The van der Waals surface area contributed by atoms with E-state index in [1.54, 1.807) is 0 Å². The Morgan fingerprint density at radius 2 is 1.97 bits per heavy atom. The van der Waals surface area contributed by atoms with E-state index in [0.29, 0.717) is 30.5 Å². The van der Waals surface area contributed by atoms with E-state index in [1.807, 2.05) is 6.08 Å². The van der Waals surface area contributed by atoms with Crippen LogP contribution in [0, 0.1) is 23.7 Å². The van der Waals surface area contributed by atoms with Gasteiger partial charge in [0, 0.05) is 24.9 Å². The number of methoxy groups -OCH3 is 1. The number of hydrogen-bond donors (Lipinski definition) is 0. The van der Waals surface area contributed by atoms with Crippen LogP contribution in [-0.4, -0.2) is 37.9 Å². The van der Waals surface area contributed by atoms with Gasteiger partial charge in [0.25, 0.3) is 0 Å². The Balaban J connectivity index is 1.39. The monoisotopic (exact) mass is 442 g/mol. The molecule has 2 saturated carbocycles. The van der Waals surface area contributed by atoms with Crippen molar-refractivity contribution >= 4 is 11.8 Å². The van der Waals surface area contributed by atoms with Crippen LogP contribution in [0.4, 0.5) is 0 Å². The Bertz CT molecular complexity index is 739. The summed E-state index contributed by atoms with van der Waals surface area (Å²) in [6, 6.07) is 0. The van der Waals surface area contributed by atoms with Crippen LogP contribution in [0.2, 0.25) is 0 Å². The Labute approximate surface area is 192 Å². The minimum absolute atomic E-state index is 0.101. The van der Waals surface area contributed by atoms with E-state index in [0.717, 1.165) is 51.6 Å². The molecule has 1 saturated heterocycles. The Morgan fingerprint density at radius 1 is 1.16 bits per heavy atom. The summed E-state index contributed by atoms with van der Waals surface area (Å²) < 4.78 is 17.0. The number of carbonyl (C=O) groups is 2. The average Bonchev–Trinajstić information content (AvgIpc) is 3.53. The number of allylic oxidation sites excluding steroid dienone is 5. The van der Waals surface area contributed by atoms with Gasteiger partial charge in [-0.1, -0.05) is 42.7 Å². The third-order valence-electron chi connectivity index (χ3n) is 7.66. The Kier molecular flexibility index (Phi) is 8.37. The van der Waals surface area contributed by atoms with Gasteiger partial charge in [0.2, 0.25) is 0 Å². The fourth-order valence-electron chi connectivity index (χ4n) is 5.90. The summed E-state index contributed by atoms with van der Waals surface area (Å²) in [7, 11) is 1.43. The van der Waals surface area contributed by atoms with Crippen LogP contribution in [0.1, 0.15) is 70.6 Å². The molecule has 0 amide bonds. The lowest BCUT2D eigenvalue weighted by atomic mass is 9.88. The van der Waals surface area contributed by atoms with Crippen LogP contribution < -0.4 is 0 Å². The largest absolute Gasteiger partial charge is 0.469 e. The van der Waals surface area contributed by atoms with Crippen molar-refractivity contribution in [2.75, 3.05) is 13.7 Å². The zero-order valence-corrected chi connectivity index (χ0v) is 19.4. The summed E-state index contributed by atoms with van der Waals surface area (Å²) in [6.45, 7) is 0.783. The fraction of sp³-hybridized carbons (Fsp3) is 0.704. The number of fused-ring (bicyclic) bond motifs is 1. The molecule has 0 spiro atoms. The Morgan fingerprint density at radius 3 is 2.72 bits per heavy atom. The summed E-state index contributed by atoms with van der Waals surface area (Å²) in [6.07, 6.45) is 21.4. The minimum atomic E-state index is -0.172. The van der Waals surface area contributed by atoms with Gasteiger partial charge >= 0.3 is 5.97 Å². The van der Waals surface area contributed by atoms with Gasteiger partial charge in [-0.05, 0) is 69.3 Å². The highest BCUT2D eigenvalue weighted by Crippen LogP contribution is 2.49. The number of esters is 1. The molecule has 0 aromatic heterocycles. The lowest BCUT2D eigenvalue weighted by Crippen LogP contribution is -2.30. The standard InChI is InChI=1S/C27H38O5/c1-30-26(29)11-5-2-8-19-16-21-18-25(32-27-12-6-7-15-31-27)22(23(21)17-19)13-14-24(28)20-9-3-4-10-20/h2,8,13-14,16,20-23,25,27H,3-7,9-12,15,17-18H2,1H3/t21-,22-,23+,25+,27?/m0/s1. The quantitative estimate of drug-likeness (QED) is 0.358. The maximum absolute atomic E-state index is 12.7. The molecule has 5 nitrogen and oxygen atoms in total. The predicted octanol–water partition coefficient (Wildman–Crippen LogP) is 5.31. The fourth-order valence-corrected chi connectivity index (χ4v) is 5.90. The molecule has 3 fully saturated rings. The average molecular weight is 443 g/mol. The topological polar surface area (TPSA) is 61.8 Å². The van der Waals surface area contributed by atoms with Gasteiger partial charge in [-0.3, -0.25) is 9.59 Å². The number of ether oxygens (including phenoxy) is 3. The van der Waals surface area contributed by atoms with Crippen molar-refractivity contribution in [3.63, 3.8) is 0 Å². The summed E-state index contributed by atoms with van der Waals surface area (Å²) in [5, 5.41) is 0. The molecule has 176 valence electrons. The smallest absolute Gasteiger partial charge is 0.305 e. The van der Waals surface area contributed by atoms with E-state index in [9.17, 15) is 9.59 Å². The third kappa shape index (κ3) is 5.99. The highest BCUT2D eigenvalue weighted by molar-refractivity contribution is 5.91. The van der Waals surface area contributed by atoms with Gasteiger partial charge in [0.1, 0.15) is 0 Å². The molecule has 0 N–H and O–H groups in total. The van der Waals surface area contributed by atoms with E-state index in [-0.39, 0.29) is 30.2 Å². The molecule has 5 atom stereocenters. The van der Waals surface area contributed by atoms with Gasteiger partial charge in [0.05, 0.1) is 13.2 Å². The normalized spacial score (nSPS) is 33.2. The molecule has 1 aliphatic heterocycles. The maximum Gasteiger partial charge on any atom is 0.305 e. The first-order valence-corrected chi connectivity index (χ1v) is 12.6. The van der Waals surface area contributed by atoms with Crippen LogP contribution in [-0.2, 0) is 23.8 Å². The van der Waals surface area contributed by atoms with Crippen molar-refractivity contribution < 1.29 is 23.8 Å². The second kappa shape index (κ2) is 11.4. The molecule has 32 heavy (non-hydrogen) atoms. The molecule has 4 aliphatic rings. The molecule has 5 heteroatoms. The molecular weight excluding hydrogens is 404 g/mol. The van der Waals surface area contributed by atoms with E-state index in [4.69, 9.17) is 14.2 Å². The molecule has 0 aromatic rings. The Hall–Kier alpha value is -1.72. The van der Waals surface area contributed by atoms with Gasteiger partial charge in [-0.15, -0.1) is 0 Å². The highest BCUT2D eigenvalue weighted by atomic mass is 16.7. The SMILES string of the molecule is COC(=O)CCC=CC1=C[C@H]2C[C@@H](OC3CCCCO3)[C@@H](C=CC(=O)C3CCCC3)[C@@H]2C1. The molecule has 1 unspecified atom stereocenters. The van der Waals surface area contributed by atoms with Crippen molar-refractivity contribution in [1.82, 2.24) is 0 Å². The first-order chi connectivity index (χ1) is 15.6. The minimum Gasteiger partial charge on any atom is -0.469 e. The van der Waals surface area contributed by atoms with Crippen molar-refractivity contribution in [1.29, 1.82) is 0 Å². The van der Waals surface area contributed by atoms with Gasteiger partial charge in [0.15, 0.2) is 12.1 Å². The molecule has 4 rings (SSSR count). The number of rotatable bonds is 9. The van der Waals surface area contributed by atoms with Crippen LogP contribution in [0.5, 0.6) is 0 Å². The van der Waals surface area contributed by atoms with Crippen LogP contribution in [0.3, 0.4) is 0 Å². The van der Waals surface area contributed by atoms with Gasteiger partial charge in [-0.25, -0.2) is 0 Å². The third-order valence-corrected chi connectivity index (χ3v) is 7.66. The summed E-state index contributed by atoms with van der Waals surface area (Å²) >= 11 is 0. The summed E-state index contributed by atoms with van der Waals surface area (Å²) in [5.74, 6) is 1.53. The van der Waals surface area contributed by atoms with Crippen molar-refractivity contribution in [2.24, 2.45) is 23.7 Å². The number of carbonyl (C=O) groups excluding carboxylic acids is 2. The number of ketones is 1. The van der Waals surface area contributed by atoms with E-state index < -0.39 is 0 Å². The molecular formula is C27H38O5. The lowest BCUT2D eigenvalue weighted by Gasteiger charge is -2.29. The molecule has 1 heterocycles. The van der Waals surface area contributed by atoms with Crippen molar-refractivity contribution in [3.8, 4) is 0 Å². The van der Waals surface area contributed by atoms with Crippen LogP contribution in [0.25, 0.3) is 0 Å². The van der Waals surface area contributed by atoms with Crippen molar-refractivity contribution in [2.45, 2.75) is 83.0 Å². The summed E-state index contributed by atoms with van der Waals surface area (Å²) in [4.78, 5) is 24.0. The zero-order valence-electron chi connectivity index (χ0n) is 19.4. The molecule has 0 aromatic carbocycles. The second-order valence-corrected chi connectivity index (χ2v) is 9.82. The predicted molar refractivity (Wildman–Crippen MR) is 123 cm³/mol.